The summed E-state index contributed by atoms with van der Waals surface area (Å²) in [7, 11) is 0. The van der Waals surface area contributed by atoms with E-state index >= 15 is 0 Å². The third kappa shape index (κ3) is 5.38. The van der Waals surface area contributed by atoms with Gasteiger partial charge in [0.2, 0.25) is 5.91 Å². The fourth-order valence-corrected chi connectivity index (χ4v) is 5.57. The molecule has 0 heterocycles. The van der Waals surface area contributed by atoms with Gasteiger partial charge in [0.1, 0.15) is 4.33 Å². The van der Waals surface area contributed by atoms with Gasteiger partial charge in [0, 0.05) is 39.3 Å². The minimum atomic E-state index is -1.34. The first-order chi connectivity index (χ1) is 16.5. The highest BCUT2D eigenvalue weighted by Gasteiger charge is 2.67. The minimum absolute atomic E-state index is 0.0625. The Balaban J connectivity index is 1.53. The lowest BCUT2D eigenvalue weighted by Gasteiger charge is -2.10. The maximum atomic E-state index is 13.0. The van der Waals surface area contributed by atoms with Gasteiger partial charge in [-0.25, -0.2) is 0 Å². The van der Waals surface area contributed by atoms with Gasteiger partial charge in [0.15, 0.2) is 5.78 Å². The number of Topliss-reactive ketones (excluding diaryl/α,β-unsaturated/α-hetero) is 1. The van der Waals surface area contributed by atoms with Crippen LogP contribution in [0.25, 0.3) is 0 Å². The lowest BCUT2D eigenvalue weighted by atomic mass is 9.98. The summed E-state index contributed by atoms with van der Waals surface area (Å²) in [5, 5.41) is 13.1. The van der Waals surface area contributed by atoms with Crippen molar-refractivity contribution < 1.29 is 9.59 Å². The van der Waals surface area contributed by atoms with Gasteiger partial charge in [0.05, 0.1) is 22.6 Å². The number of rotatable bonds is 6. The molecule has 3 aromatic carbocycles. The predicted molar refractivity (Wildman–Crippen MR) is 141 cm³/mol. The second-order valence-corrected chi connectivity index (χ2v) is 10.9. The molecule has 4 rings (SSSR count). The average Bonchev–Trinajstić information content (AvgIpc) is 3.37. The molecule has 35 heavy (non-hydrogen) atoms. The van der Waals surface area contributed by atoms with E-state index in [1.165, 1.54) is 18.2 Å². The molecule has 0 saturated heterocycles. The molecule has 1 aliphatic rings. The Bertz CT molecular complexity index is 1380. The number of nitrogen functional groups attached to an aromatic ring is 1. The summed E-state index contributed by atoms with van der Waals surface area (Å²) in [4.78, 5) is 26.0. The van der Waals surface area contributed by atoms with Crippen LogP contribution in [0.5, 0.6) is 0 Å². The van der Waals surface area contributed by atoms with Crippen molar-refractivity contribution in [1.29, 1.82) is 5.26 Å². The molecule has 3 aromatic rings. The molecule has 0 radical (unpaired) electrons. The van der Waals surface area contributed by atoms with Gasteiger partial charge in [-0.3, -0.25) is 9.59 Å². The molecule has 1 aliphatic carbocycles. The molecule has 2 atom stereocenters. The standard InChI is InChI=1S/C25H16Cl5N3O2/c26-15-5-13(6-16(27)9-15)22-23(25(22,29)30)24(35)33-18-3-4-20(28)19(10-18)21(34)8-12-1-2-17(32)7-14(12)11-31/h1-7,9-10,22-23H,8,32H2,(H,33,35). The molecular formula is C25H16Cl5N3O2. The highest BCUT2D eigenvalue weighted by Crippen LogP contribution is 2.65. The number of carbonyl (C=O) groups is 2. The molecule has 0 spiro atoms. The Kier molecular flexibility index (Phi) is 7.24. The molecule has 10 heteroatoms. The molecule has 178 valence electrons. The number of nitrogens with one attached hydrogen (secondary N) is 1. The van der Waals surface area contributed by atoms with Gasteiger partial charge >= 0.3 is 0 Å². The molecule has 0 aromatic heterocycles. The zero-order chi connectivity index (χ0) is 25.5. The number of ketones is 1. The summed E-state index contributed by atoms with van der Waals surface area (Å²) in [6.07, 6.45) is -0.0625. The van der Waals surface area contributed by atoms with E-state index in [9.17, 15) is 14.9 Å². The van der Waals surface area contributed by atoms with Crippen LogP contribution < -0.4 is 11.1 Å². The maximum Gasteiger partial charge on any atom is 0.231 e. The molecule has 1 saturated carbocycles. The van der Waals surface area contributed by atoms with E-state index in [2.05, 4.69) is 5.32 Å². The van der Waals surface area contributed by atoms with Crippen molar-refractivity contribution in [2.24, 2.45) is 5.92 Å². The van der Waals surface area contributed by atoms with Crippen LogP contribution in [0.15, 0.2) is 54.6 Å². The van der Waals surface area contributed by atoms with Gasteiger partial charge in [-0.1, -0.05) is 40.9 Å². The largest absolute Gasteiger partial charge is 0.399 e. The third-order valence-corrected chi connectivity index (χ3v) is 7.43. The number of hydrogen-bond donors (Lipinski definition) is 2. The number of hydrogen-bond acceptors (Lipinski definition) is 4. The van der Waals surface area contributed by atoms with Crippen LogP contribution in [-0.4, -0.2) is 16.0 Å². The Morgan fingerprint density at radius 3 is 2.34 bits per heavy atom. The topological polar surface area (TPSA) is 96.0 Å². The van der Waals surface area contributed by atoms with Gasteiger partial charge in [-0.05, 0) is 59.7 Å². The first kappa shape index (κ1) is 25.6. The highest BCUT2D eigenvalue weighted by atomic mass is 35.5. The van der Waals surface area contributed by atoms with Crippen molar-refractivity contribution >= 4 is 81.1 Å². The van der Waals surface area contributed by atoms with Crippen LogP contribution in [-0.2, 0) is 11.2 Å². The number of anilines is 2. The summed E-state index contributed by atoms with van der Waals surface area (Å²) < 4.78 is -1.34. The van der Waals surface area contributed by atoms with Gasteiger partial charge < -0.3 is 11.1 Å². The van der Waals surface area contributed by atoms with E-state index < -0.39 is 22.1 Å². The zero-order valence-corrected chi connectivity index (χ0v) is 21.6. The fourth-order valence-electron chi connectivity index (χ4n) is 3.98. The van der Waals surface area contributed by atoms with E-state index in [1.807, 2.05) is 6.07 Å². The van der Waals surface area contributed by atoms with E-state index in [4.69, 9.17) is 63.7 Å². The molecule has 0 aliphatic heterocycles. The third-order valence-electron chi connectivity index (χ3n) is 5.72. The van der Waals surface area contributed by atoms with Crippen molar-refractivity contribution in [3.8, 4) is 6.07 Å². The van der Waals surface area contributed by atoms with Gasteiger partial charge in [-0.15, -0.1) is 23.2 Å². The second kappa shape index (κ2) is 9.89. The average molecular weight is 568 g/mol. The number of alkyl halides is 2. The van der Waals surface area contributed by atoms with E-state index in [0.29, 0.717) is 38.1 Å². The van der Waals surface area contributed by atoms with Crippen LogP contribution in [0.3, 0.4) is 0 Å². The number of benzene rings is 3. The van der Waals surface area contributed by atoms with Crippen LogP contribution in [0, 0.1) is 17.2 Å². The van der Waals surface area contributed by atoms with Crippen molar-refractivity contribution in [1.82, 2.24) is 0 Å². The second-order valence-electron chi connectivity index (χ2n) is 8.14. The van der Waals surface area contributed by atoms with Crippen LogP contribution in [0.2, 0.25) is 15.1 Å². The van der Waals surface area contributed by atoms with E-state index in [-0.39, 0.29) is 22.8 Å². The van der Waals surface area contributed by atoms with Crippen molar-refractivity contribution in [3.63, 3.8) is 0 Å². The van der Waals surface area contributed by atoms with Gasteiger partial charge in [0.25, 0.3) is 0 Å². The molecule has 1 amide bonds. The molecule has 0 bridgehead atoms. The highest BCUT2D eigenvalue weighted by molar-refractivity contribution is 6.53. The van der Waals surface area contributed by atoms with Crippen molar-refractivity contribution in [3.05, 3.63) is 91.9 Å². The van der Waals surface area contributed by atoms with Crippen molar-refractivity contribution in [2.45, 2.75) is 16.7 Å². The van der Waals surface area contributed by atoms with Crippen LogP contribution >= 0.6 is 58.0 Å². The lowest BCUT2D eigenvalue weighted by Crippen LogP contribution is -2.17. The first-order valence-corrected chi connectivity index (χ1v) is 12.2. The first-order valence-electron chi connectivity index (χ1n) is 10.3. The molecule has 1 fully saturated rings. The SMILES string of the molecule is N#Cc1cc(N)ccc1CC(=O)c1cc(NC(=O)C2C(c3cc(Cl)cc(Cl)c3)C2(Cl)Cl)ccc1Cl. The van der Waals surface area contributed by atoms with Crippen LogP contribution in [0.4, 0.5) is 11.4 Å². The number of nitrogens with zero attached hydrogens (tertiary/aromatic N) is 1. The molecule has 2 unspecified atom stereocenters. The normalized spacial score (nSPS) is 17.9. The summed E-state index contributed by atoms with van der Waals surface area (Å²) in [6.45, 7) is 0. The zero-order valence-electron chi connectivity index (χ0n) is 17.8. The number of nitriles is 1. The Labute approximate surface area is 226 Å². The molecule has 5 nitrogen and oxygen atoms in total. The number of amides is 1. The lowest BCUT2D eigenvalue weighted by molar-refractivity contribution is -0.117. The minimum Gasteiger partial charge on any atom is -0.399 e. The number of halogens is 5. The summed E-state index contributed by atoms with van der Waals surface area (Å²) in [6, 6.07) is 16.2. The summed E-state index contributed by atoms with van der Waals surface area (Å²) in [5.41, 5.74) is 8.16. The monoisotopic (exact) mass is 565 g/mol. The molecule has 3 N–H and O–H groups in total. The summed E-state index contributed by atoms with van der Waals surface area (Å²) in [5.74, 6) is -2.02. The quantitative estimate of drug-likeness (QED) is 0.190. The predicted octanol–water partition coefficient (Wildman–Crippen LogP) is 7.05. The number of carbonyl (C=O) groups excluding carboxylic acids is 2. The fraction of sp³-hybridized carbons (Fsp3) is 0.160. The maximum absolute atomic E-state index is 13.0. The summed E-state index contributed by atoms with van der Waals surface area (Å²) >= 11 is 31.3. The van der Waals surface area contributed by atoms with Crippen molar-refractivity contribution in [2.75, 3.05) is 11.1 Å². The molecular weight excluding hydrogens is 552 g/mol. The van der Waals surface area contributed by atoms with E-state index in [0.717, 1.165) is 0 Å². The van der Waals surface area contributed by atoms with E-state index in [1.54, 1.807) is 36.4 Å². The Hall–Kier alpha value is -2.46. The van der Waals surface area contributed by atoms with Crippen LogP contribution in [0.1, 0.15) is 33.0 Å². The Morgan fingerprint density at radius 2 is 1.69 bits per heavy atom. The Morgan fingerprint density at radius 1 is 1.00 bits per heavy atom. The van der Waals surface area contributed by atoms with Gasteiger partial charge in [-0.2, -0.15) is 5.26 Å². The number of nitrogens with two attached hydrogens (primary N) is 1. The smallest absolute Gasteiger partial charge is 0.231 e.